The van der Waals surface area contributed by atoms with E-state index in [4.69, 9.17) is 4.74 Å². The van der Waals surface area contributed by atoms with Crippen LogP contribution < -0.4 is 4.72 Å². The minimum Gasteiger partial charge on any atom is -0.444 e. The van der Waals surface area contributed by atoms with Crippen molar-refractivity contribution in [2.45, 2.75) is 64.6 Å². The van der Waals surface area contributed by atoms with Crippen LogP contribution in [0.4, 0.5) is 22.4 Å². The first-order chi connectivity index (χ1) is 16.2. The van der Waals surface area contributed by atoms with E-state index in [1.165, 1.54) is 24.3 Å². The highest BCUT2D eigenvalue weighted by Crippen LogP contribution is 2.37. The van der Waals surface area contributed by atoms with Gasteiger partial charge < -0.3 is 4.74 Å². The van der Waals surface area contributed by atoms with Gasteiger partial charge in [0.2, 0.25) is 0 Å². The summed E-state index contributed by atoms with van der Waals surface area (Å²) in [6.07, 6.45) is -1.26. The van der Waals surface area contributed by atoms with Gasteiger partial charge in [-0.3, -0.25) is 4.90 Å². The second-order valence-electron chi connectivity index (χ2n) is 9.67. The SMILES string of the molecule is CCS(=O)N[C@@H]1[C@H](Cc2cccc(-c3cc(C)cc(F)c3)c2F)N(C(=O)OC(C)(C)C)CC1(F)F. The van der Waals surface area contributed by atoms with Gasteiger partial charge in [0.15, 0.2) is 0 Å². The Morgan fingerprint density at radius 1 is 1.23 bits per heavy atom. The molecule has 2 aromatic rings. The molecule has 0 spiro atoms. The van der Waals surface area contributed by atoms with Gasteiger partial charge in [-0.25, -0.2) is 31.3 Å². The monoisotopic (exact) mass is 514 g/mol. The predicted octanol–water partition coefficient (Wildman–Crippen LogP) is 5.38. The van der Waals surface area contributed by atoms with Crippen LogP contribution in [0.5, 0.6) is 0 Å². The molecule has 2 aromatic carbocycles. The molecule has 3 rings (SSSR count). The van der Waals surface area contributed by atoms with Crippen LogP contribution in [0.15, 0.2) is 36.4 Å². The van der Waals surface area contributed by atoms with Crippen molar-refractivity contribution < 1.29 is 31.3 Å². The Morgan fingerprint density at radius 3 is 2.51 bits per heavy atom. The Hall–Kier alpha value is -2.46. The van der Waals surface area contributed by atoms with E-state index in [-0.39, 0.29) is 23.3 Å². The maximum atomic E-state index is 15.6. The number of amides is 1. The van der Waals surface area contributed by atoms with E-state index in [2.05, 4.69) is 4.72 Å². The number of hydrogen-bond acceptors (Lipinski definition) is 3. The van der Waals surface area contributed by atoms with Crippen molar-refractivity contribution in [3.63, 3.8) is 0 Å². The van der Waals surface area contributed by atoms with Gasteiger partial charge in [-0.05, 0) is 62.9 Å². The van der Waals surface area contributed by atoms with Crippen molar-refractivity contribution in [1.29, 1.82) is 0 Å². The van der Waals surface area contributed by atoms with Crippen LogP contribution in [0, 0.1) is 18.6 Å². The summed E-state index contributed by atoms with van der Waals surface area (Å²) in [6.45, 7) is 7.12. The quantitative estimate of drug-likeness (QED) is 0.527. The molecular weight excluding hydrogens is 484 g/mol. The minimum absolute atomic E-state index is 0.0646. The number of alkyl halides is 2. The average Bonchev–Trinajstić information content (AvgIpc) is 2.97. The molecular formula is C25H30F4N2O3S. The molecule has 0 radical (unpaired) electrons. The molecule has 1 saturated heterocycles. The number of benzene rings is 2. The smallest absolute Gasteiger partial charge is 0.410 e. The van der Waals surface area contributed by atoms with Crippen LogP contribution in [-0.4, -0.2) is 51.1 Å². The lowest BCUT2D eigenvalue weighted by Crippen LogP contribution is -2.51. The summed E-state index contributed by atoms with van der Waals surface area (Å²) in [5.41, 5.74) is 0.150. The molecule has 1 unspecified atom stereocenters. The van der Waals surface area contributed by atoms with Gasteiger partial charge in [0, 0.05) is 11.3 Å². The zero-order valence-corrected chi connectivity index (χ0v) is 21.1. The number of ether oxygens (including phenoxy) is 1. The second-order valence-corrected chi connectivity index (χ2v) is 11.2. The molecule has 1 heterocycles. The topological polar surface area (TPSA) is 58.6 Å². The largest absolute Gasteiger partial charge is 0.444 e. The van der Waals surface area contributed by atoms with Crippen LogP contribution in [0.1, 0.15) is 38.8 Å². The Bertz CT molecular complexity index is 1100. The standard InChI is InChI=1S/C25H30F4N2O3S/c1-6-35(33)30-22-20(31(14-25(22,28)29)23(32)34-24(3,4)5)13-16-8-7-9-19(21(16)27)17-10-15(2)11-18(26)12-17/h7-12,20,22,30H,6,13-14H2,1-5H3/t20-,22+,35?/m0/s1. The Kier molecular flexibility index (Phi) is 7.96. The number of halogens is 4. The highest BCUT2D eigenvalue weighted by atomic mass is 32.2. The zero-order chi connectivity index (χ0) is 26.1. The highest BCUT2D eigenvalue weighted by molar-refractivity contribution is 7.83. The van der Waals surface area contributed by atoms with Crippen LogP contribution in [0.25, 0.3) is 11.1 Å². The molecule has 3 atom stereocenters. The molecule has 0 aromatic heterocycles. The van der Waals surface area contributed by atoms with Crippen molar-refractivity contribution in [2.24, 2.45) is 0 Å². The van der Waals surface area contributed by atoms with Crippen LogP contribution in [0.3, 0.4) is 0 Å². The first-order valence-electron chi connectivity index (χ1n) is 11.3. The Balaban J connectivity index is 2.02. The van der Waals surface area contributed by atoms with Gasteiger partial charge in [-0.15, -0.1) is 0 Å². The number of hydrogen-bond donors (Lipinski definition) is 1. The van der Waals surface area contributed by atoms with E-state index in [1.807, 2.05) is 0 Å². The van der Waals surface area contributed by atoms with Crippen molar-refractivity contribution in [1.82, 2.24) is 9.62 Å². The molecule has 0 aliphatic carbocycles. The number of carbonyl (C=O) groups is 1. The number of aryl methyl sites for hydroxylation is 1. The van der Waals surface area contributed by atoms with E-state index in [0.717, 1.165) is 4.90 Å². The second kappa shape index (κ2) is 10.3. The minimum atomic E-state index is -3.43. The molecule has 10 heteroatoms. The summed E-state index contributed by atoms with van der Waals surface area (Å²) in [5.74, 6) is -4.58. The third kappa shape index (κ3) is 6.41. The lowest BCUT2D eigenvalue weighted by Gasteiger charge is -2.30. The van der Waals surface area contributed by atoms with E-state index in [1.54, 1.807) is 46.8 Å². The van der Waals surface area contributed by atoms with Crippen molar-refractivity contribution in [2.75, 3.05) is 12.3 Å². The van der Waals surface area contributed by atoms with Crippen LogP contribution in [0.2, 0.25) is 0 Å². The van der Waals surface area contributed by atoms with Crippen LogP contribution >= 0.6 is 0 Å². The van der Waals surface area contributed by atoms with Gasteiger partial charge in [-0.1, -0.05) is 31.2 Å². The van der Waals surface area contributed by atoms with E-state index >= 15 is 13.2 Å². The molecule has 1 N–H and O–H groups in total. The highest BCUT2D eigenvalue weighted by Gasteiger charge is 2.57. The van der Waals surface area contributed by atoms with Crippen LogP contribution in [-0.2, 0) is 22.1 Å². The Morgan fingerprint density at radius 2 is 1.91 bits per heavy atom. The fourth-order valence-electron chi connectivity index (χ4n) is 4.12. The molecule has 1 aliphatic heterocycles. The van der Waals surface area contributed by atoms with Gasteiger partial charge in [0.1, 0.15) is 23.3 Å². The number of carbonyl (C=O) groups excluding carboxylic acids is 1. The number of likely N-dealkylation sites (tertiary alicyclic amines) is 1. The van der Waals surface area contributed by atoms with Crippen molar-refractivity contribution >= 4 is 17.1 Å². The zero-order valence-electron chi connectivity index (χ0n) is 20.3. The molecule has 35 heavy (non-hydrogen) atoms. The summed E-state index contributed by atoms with van der Waals surface area (Å²) < 4.78 is 79.5. The van der Waals surface area contributed by atoms with Gasteiger partial charge >= 0.3 is 6.09 Å². The fraction of sp³-hybridized carbons (Fsp3) is 0.480. The lowest BCUT2D eigenvalue weighted by molar-refractivity contribution is -0.0120. The summed E-state index contributed by atoms with van der Waals surface area (Å²) in [4.78, 5) is 13.7. The van der Waals surface area contributed by atoms with E-state index in [9.17, 15) is 13.4 Å². The number of rotatable bonds is 6. The third-order valence-corrected chi connectivity index (χ3v) is 6.67. The summed E-state index contributed by atoms with van der Waals surface area (Å²) in [7, 11) is -1.78. The van der Waals surface area contributed by atoms with Gasteiger partial charge in [-0.2, -0.15) is 0 Å². The van der Waals surface area contributed by atoms with Crippen molar-refractivity contribution in [3.05, 3.63) is 59.2 Å². The molecule has 5 nitrogen and oxygen atoms in total. The normalized spacial score (nSPS) is 20.7. The maximum Gasteiger partial charge on any atom is 0.410 e. The lowest BCUT2D eigenvalue weighted by atomic mass is 9.95. The first-order valence-corrected chi connectivity index (χ1v) is 12.6. The third-order valence-electron chi connectivity index (χ3n) is 5.63. The van der Waals surface area contributed by atoms with Crippen molar-refractivity contribution in [3.8, 4) is 11.1 Å². The summed E-state index contributed by atoms with van der Waals surface area (Å²) in [6, 6.07) is 5.66. The summed E-state index contributed by atoms with van der Waals surface area (Å²) in [5, 5.41) is 0. The average molecular weight is 515 g/mol. The maximum absolute atomic E-state index is 15.6. The van der Waals surface area contributed by atoms with Gasteiger partial charge in [0.05, 0.1) is 23.6 Å². The number of nitrogens with one attached hydrogen (secondary N) is 1. The molecule has 192 valence electrons. The molecule has 1 amide bonds. The molecule has 1 aliphatic rings. The predicted molar refractivity (Wildman–Crippen MR) is 128 cm³/mol. The molecule has 0 saturated carbocycles. The fourth-order valence-corrected chi connectivity index (χ4v) is 4.90. The number of nitrogens with zero attached hydrogens (tertiary/aromatic N) is 1. The van der Waals surface area contributed by atoms with Gasteiger partial charge in [0.25, 0.3) is 5.92 Å². The summed E-state index contributed by atoms with van der Waals surface area (Å²) >= 11 is 0. The van der Waals surface area contributed by atoms with E-state index in [0.29, 0.717) is 11.1 Å². The molecule has 0 bridgehead atoms. The van der Waals surface area contributed by atoms with E-state index < -0.39 is 58.9 Å². The molecule has 1 fully saturated rings. The Labute approximate surface area is 205 Å². The first kappa shape index (κ1) is 27.1.